The number of hydrogen-bond acceptors (Lipinski definition) is 3. The first-order chi connectivity index (χ1) is 19.8. The predicted octanol–water partition coefficient (Wildman–Crippen LogP) is 8.72. The van der Waals surface area contributed by atoms with Gasteiger partial charge in [0.2, 0.25) is 0 Å². The maximum atomic E-state index is 15.9. The number of halogens is 7. The molecule has 220 valence electrons. The summed E-state index contributed by atoms with van der Waals surface area (Å²) in [5.41, 5.74) is -1.09. The van der Waals surface area contributed by atoms with E-state index in [1.165, 1.54) is 41.3 Å². The van der Waals surface area contributed by atoms with Crippen molar-refractivity contribution in [3.63, 3.8) is 0 Å². The molecule has 0 aromatic heterocycles. The average Bonchev–Trinajstić information content (AvgIpc) is 3.76. The van der Waals surface area contributed by atoms with Gasteiger partial charge >= 0.3 is 12.8 Å². The van der Waals surface area contributed by atoms with Crippen LogP contribution in [0, 0.1) is 18.3 Å². The van der Waals surface area contributed by atoms with Gasteiger partial charge in [0.05, 0.1) is 29.4 Å². The minimum Gasteiger partial charge on any atom is -0.433 e. The summed E-state index contributed by atoms with van der Waals surface area (Å²) in [6.07, 6.45) is -3.03. The Labute approximate surface area is 245 Å². The molecule has 3 aromatic rings. The maximum Gasteiger partial charge on any atom is 0.395 e. The molecule has 0 heterocycles. The Kier molecular flexibility index (Phi) is 9.15. The van der Waals surface area contributed by atoms with Gasteiger partial charge in [0, 0.05) is 16.6 Å². The highest BCUT2D eigenvalue weighted by atomic mass is 79.9. The number of benzene rings is 3. The van der Waals surface area contributed by atoms with E-state index in [0.717, 1.165) is 38.0 Å². The summed E-state index contributed by atoms with van der Waals surface area (Å²) in [5, 5.41) is 2.24. The summed E-state index contributed by atoms with van der Waals surface area (Å²) in [7, 11) is 0. The second-order valence-corrected chi connectivity index (χ2v) is 10.5. The van der Waals surface area contributed by atoms with E-state index in [-0.39, 0.29) is 28.2 Å². The van der Waals surface area contributed by atoms with Crippen molar-refractivity contribution < 1.29 is 40.7 Å². The van der Waals surface area contributed by atoms with Crippen molar-refractivity contribution in [2.75, 3.05) is 16.8 Å². The molecule has 2 amide bonds. The largest absolute Gasteiger partial charge is 0.433 e. The molecule has 1 saturated carbocycles. The molecule has 0 spiro atoms. The van der Waals surface area contributed by atoms with Crippen molar-refractivity contribution in [2.45, 2.75) is 38.5 Å². The molecule has 0 bridgehead atoms. The van der Waals surface area contributed by atoms with Gasteiger partial charge in [-0.2, -0.15) is 22.0 Å². The van der Waals surface area contributed by atoms with E-state index in [1.807, 2.05) is 0 Å². The lowest BCUT2D eigenvalue weighted by Gasteiger charge is -2.24. The molecule has 0 saturated heterocycles. The Hall–Kier alpha value is -4.05. The molecule has 0 aliphatic heterocycles. The first kappa shape index (κ1) is 30.9. The Morgan fingerprint density at radius 1 is 1.14 bits per heavy atom. The molecular formula is C29H22BrF6N3O3. The highest BCUT2D eigenvalue weighted by Crippen LogP contribution is 2.42. The summed E-state index contributed by atoms with van der Waals surface area (Å²) in [5.74, 6) is -5.43. The molecule has 13 heteroatoms. The summed E-state index contributed by atoms with van der Waals surface area (Å²) < 4.78 is 86.2. The SMILES string of the molecule is [C-]#[N+]c1ccc(C(=O)N(CC2CC2)c2cccc(C(=O)Nc3c(Br)cc(C(C)C(F)(F)F)cc3OC(F)F)c2F)cc1. The van der Waals surface area contributed by atoms with Crippen LogP contribution in [-0.4, -0.2) is 31.1 Å². The summed E-state index contributed by atoms with van der Waals surface area (Å²) in [6, 6.07) is 11.3. The van der Waals surface area contributed by atoms with Gasteiger partial charge < -0.3 is 15.0 Å². The molecule has 1 unspecified atom stereocenters. The number of amides is 2. The van der Waals surface area contributed by atoms with E-state index < -0.39 is 58.9 Å². The molecule has 1 fully saturated rings. The van der Waals surface area contributed by atoms with E-state index in [4.69, 9.17) is 6.57 Å². The Morgan fingerprint density at radius 2 is 1.81 bits per heavy atom. The second-order valence-electron chi connectivity index (χ2n) is 9.63. The molecule has 3 aromatic carbocycles. The van der Waals surface area contributed by atoms with Gasteiger partial charge in [0.25, 0.3) is 11.8 Å². The molecule has 6 nitrogen and oxygen atoms in total. The lowest BCUT2D eigenvalue weighted by Crippen LogP contribution is -2.34. The number of carbonyl (C=O) groups is 2. The smallest absolute Gasteiger partial charge is 0.395 e. The molecule has 1 aliphatic carbocycles. The number of nitrogens with one attached hydrogen (secondary N) is 1. The second kappa shape index (κ2) is 12.4. The van der Waals surface area contributed by atoms with Crippen molar-refractivity contribution in [1.82, 2.24) is 0 Å². The van der Waals surface area contributed by atoms with Crippen LogP contribution in [0.3, 0.4) is 0 Å². The van der Waals surface area contributed by atoms with Crippen LogP contribution in [0.2, 0.25) is 0 Å². The van der Waals surface area contributed by atoms with Crippen molar-refractivity contribution >= 4 is 44.8 Å². The zero-order valence-electron chi connectivity index (χ0n) is 21.8. The van der Waals surface area contributed by atoms with Gasteiger partial charge in [-0.05, 0) is 71.4 Å². The lowest BCUT2D eigenvalue weighted by molar-refractivity contribution is -0.146. The van der Waals surface area contributed by atoms with E-state index >= 15 is 4.39 Å². The van der Waals surface area contributed by atoms with Crippen LogP contribution in [-0.2, 0) is 0 Å². The highest BCUT2D eigenvalue weighted by molar-refractivity contribution is 9.10. The van der Waals surface area contributed by atoms with E-state index in [0.29, 0.717) is 5.69 Å². The molecule has 1 atom stereocenters. The van der Waals surface area contributed by atoms with Crippen molar-refractivity contribution in [1.29, 1.82) is 0 Å². The van der Waals surface area contributed by atoms with Gasteiger partial charge in [-0.15, -0.1) is 0 Å². The van der Waals surface area contributed by atoms with Crippen molar-refractivity contribution in [2.24, 2.45) is 5.92 Å². The molecule has 0 radical (unpaired) electrons. The normalized spacial score (nSPS) is 13.8. The number of anilines is 2. The molecule has 42 heavy (non-hydrogen) atoms. The number of carbonyl (C=O) groups excluding carboxylic acids is 2. The Balaban J connectivity index is 1.68. The fraction of sp³-hybridized carbons (Fsp3) is 0.276. The van der Waals surface area contributed by atoms with Gasteiger partial charge in [-0.25, -0.2) is 9.24 Å². The Bertz CT molecular complexity index is 1540. The third kappa shape index (κ3) is 7.05. The summed E-state index contributed by atoms with van der Waals surface area (Å²) in [4.78, 5) is 31.1. The molecule has 4 rings (SSSR count). The predicted molar refractivity (Wildman–Crippen MR) is 147 cm³/mol. The standard InChI is InChI=1S/C29H22BrF6N3O3/c1-15(29(34,35)36)18-12-21(30)25(23(13-18)42-28(32)33)38-26(40)20-4-3-5-22(24(20)31)39(14-16-6-7-16)27(41)17-8-10-19(37-2)11-9-17/h3-5,8-13,15-16,28H,6-7,14H2,1H3,(H,38,40). The monoisotopic (exact) mass is 653 g/mol. The minimum absolute atomic E-state index is 0.121. The van der Waals surface area contributed by atoms with E-state index in [2.05, 4.69) is 30.8 Å². The first-order valence-electron chi connectivity index (χ1n) is 12.5. The van der Waals surface area contributed by atoms with E-state index in [1.54, 1.807) is 0 Å². The topological polar surface area (TPSA) is 63.0 Å². The van der Waals surface area contributed by atoms with Gasteiger partial charge in [0.1, 0.15) is 0 Å². The fourth-order valence-corrected chi connectivity index (χ4v) is 4.68. The lowest BCUT2D eigenvalue weighted by atomic mass is 10.00. The summed E-state index contributed by atoms with van der Waals surface area (Å²) >= 11 is 3.00. The maximum absolute atomic E-state index is 15.9. The van der Waals surface area contributed by atoms with Crippen LogP contribution in [0.1, 0.15) is 52.0 Å². The average molecular weight is 654 g/mol. The van der Waals surface area contributed by atoms with Crippen molar-refractivity contribution in [3.8, 4) is 5.75 Å². The van der Waals surface area contributed by atoms with Crippen LogP contribution in [0.4, 0.5) is 43.4 Å². The molecule has 1 aliphatic rings. The van der Waals surface area contributed by atoms with E-state index in [9.17, 15) is 31.5 Å². The van der Waals surface area contributed by atoms with Crippen LogP contribution in [0.15, 0.2) is 59.1 Å². The van der Waals surface area contributed by atoms with Crippen LogP contribution < -0.4 is 15.0 Å². The number of rotatable bonds is 9. The quantitative estimate of drug-likeness (QED) is 0.186. The molecule has 1 N–H and O–H groups in total. The van der Waals surface area contributed by atoms with Crippen LogP contribution >= 0.6 is 15.9 Å². The zero-order valence-corrected chi connectivity index (χ0v) is 23.4. The Morgan fingerprint density at radius 3 is 2.38 bits per heavy atom. The first-order valence-corrected chi connectivity index (χ1v) is 13.3. The number of nitrogens with zero attached hydrogens (tertiary/aromatic N) is 2. The number of hydrogen-bond donors (Lipinski definition) is 1. The molecular weight excluding hydrogens is 632 g/mol. The zero-order chi connectivity index (χ0) is 30.8. The van der Waals surface area contributed by atoms with Gasteiger partial charge in [-0.1, -0.05) is 30.3 Å². The fourth-order valence-electron chi connectivity index (χ4n) is 4.12. The van der Waals surface area contributed by atoms with Crippen molar-refractivity contribution in [3.05, 3.63) is 93.0 Å². The van der Waals surface area contributed by atoms with Crippen LogP contribution in [0.25, 0.3) is 4.85 Å². The van der Waals surface area contributed by atoms with Gasteiger partial charge in [0.15, 0.2) is 17.3 Å². The highest BCUT2D eigenvalue weighted by Gasteiger charge is 2.38. The third-order valence-electron chi connectivity index (χ3n) is 6.66. The van der Waals surface area contributed by atoms with Gasteiger partial charge in [-0.3, -0.25) is 9.59 Å². The third-order valence-corrected chi connectivity index (χ3v) is 7.29. The number of alkyl halides is 5. The van der Waals surface area contributed by atoms with Crippen LogP contribution in [0.5, 0.6) is 5.75 Å². The summed E-state index contributed by atoms with van der Waals surface area (Å²) in [6.45, 7) is 4.64. The minimum atomic E-state index is -4.68. The number of ether oxygens (including phenoxy) is 1.